The zero-order valence-corrected chi connectivity index (χ0v) is 12.0. The lowest BCUT2D eigenvalue weighted by Gasteiger charge is -2.08. The zero-order valence-electron chi connectivity index (χ0n) is 9.61. The summed E-state index contributed by atoms with van der Waals surface area (Å²) in [6, 6.07) is 9.99. The quantitative estimate of drug-likeness (QED) is 0.843. The Balaban J connectivity index is 2.31. The molecule has 0 fully saturated rings. The van der Waals surface area contributed by atoms with Crippen molar-refractivity contribution >= 4 is 27.7 Å². The molecule has 0 unspecified atom stereocenters. The van der Waals surface area contributed by atoms with Gasteiger partial charge in [0.15, 0.2) is 0 Å². The first-order valence-electron chi connectivity index (χ1n) is 5.13. The number of hydrogen-bond acceptors (Lipinski definition) is 3. The molecule has 0 spiro atoms. The maximum Gasteiger partial charge on any atom is 0.132 e. The van der Waals surface area contributed by atoms with Gasteiger partial charge in [-0.05, 0) is 46.6 Å². The summed E-state index contributed by atoms with van der Waals surface area (Å²) in [6.45, 7) is 2.02. The van der Waals surface area contributed by atoms with Crippen LogP contribution < -0.4 is 4.74 Å². The second-order valence-electron chi connectivity index (χ2n) is 3.55. The van der Waals surface area contributed by atoms with Crippen molar-refractivity contribution in [3.63, 3.8) is 0 Å². The van der Waals surface area contributed by atoms with Crippen LogP contribution in [0.1, 0.15) is 5.56 Å². The van der Waals surface area contributed by atoms with Crippen molar-refractivity contribution in [3.05, 3.63) is 46.6 Å². The van der Waals surface area contributed by atoms with Gasteiger partial charge < -0.3 is 4.74 Å². The monoisotopic (exact) mass is 309 g/mol. The summed E-state index contributed by atoms with van der Waals surface area (Å²) in [6.07, 6.45) is 1.86. The second-order valence-corrected chi connectivity index (χ2v) is 5.44. The molecule has 2 aromatic rings. The predicted octanol–water partition coefficient (Wildman–Crippen LogP) is 4.31. The van der Waals surface area contributed by atoms with Gasteiger partial charge in [-0.25, -0.2) is 4.98 Å². The minimum absolute atomic E-state index is 0.867. The minimum atomic E-state index is 0.867. The van der Waals surface area contributed by atoms with Crippen molar-refractivity contribution in [2.24, 2.45) is 0 Å². The van der Waals surface area contributed by atoms with Crippen LogP contribution in [0.5, 0.6) is 5.75 Å². The average Bonchev–Trinajstić information content (AvgIpc) is 2.33. The molecule has 0 amide bonds. The molecule has 0 N–H and O–H groups in total. The Morgan fingerprint density at radius 1 is 1.29 bits per heavy atom. The molecular weight excluding hydrogens is 298 g/mol. The number of para-hydroxylation sites is 1. The van der Waals surface area contributed by atoms with E-state index in [1.807, 2.05) is 37.4 Å². The Labute approximate surface area is 114 Å². The number of rotatable bonds is 3. The summed E-state index contributed by atoms with van der Waals surface area (Å²) in [5, 5.41) is 0.945. The molecule has 17 heavy (non-hydrogen) atoms. The highest BCUT2D eigenvalue weighted by molar-refractivity contribution is 9.10. The molecule has 0 atom stereocenters. The van der Waals surface area contributed by atoms with E-state index in [4.69, 9.17) is 4.74 Å². The molecule has 0 radical (unpaired) electrons. The van der Waals surface area contributed by atoms with Gasteiger partial charge in [-0.3, -0.25) is 0 Å². The van der Waals surface area contributed by atoms with Gasteiger partial charge in [-0.15, -0.1) is 0 Å². The van der Waals surface area contributed by atoms with Gasteiger partial charge in [0.1, 0.15) is 10.8 Å². The van der Waals surface area contributed by atoms with Crippen LogP contribution in [0.25, 0.3) is 0 Å². The smallest absolute Gasteiger partial charge is 0.132 e. The highest BCUT2D eigenvalue weighted by Crippen LogP contribution is 2.36. The number of nitrogens with zero attached hydrogens (tertiary/aromatic N) is 1. The largest absolute Gasteiger partial charge is 0.496 e. The summed E-state index contributed by atoms with van der Waals surface area (Å²) in [5.74, 6) is 0.867. The summed E-state index contributed by atoms with van der Waals surface area (Å²) < 4.78 is 6.32. The number of ether oxygens (including phenoxy) is 1. The van der Waals surface area contributed by atoms with Gasteiger partial charge >= 0.3 is 0 Å². The van der Waals surface area contributed by atoms with Crippen molar-refractivity contribution in [1.29, 1.82) is 0 Å². The van der Waals surface area contributed by atoms with E-state index in [1.54, 1.807) is 18.9 Å². The van der Waals surface area contributed by atoms with Crippen molar-refractivity contribution < 1.29 is 4.74 Å². The van der Waals surface area contributed by atoms with Crippen LogP contribution in [0.4, 0.5) is 0 Å². The van der Waals surface area contributed by atoms with E-state index in [9.17, 15) is 0 Å². The van der Waals surface area contributed by atoms with E-state index >= 15 is 0 Å². The molecular formula is C13H12BrNOS. The van der Waals surface area contributed by atoms with Crippen LogP contribution in [0.15, 0.2) is 50.9 Å². The van der Waals surface area contributed by atoms with Crippen LogP contribution in [0.2, 0.25) is 0 Å². The van der Waals surface area contributed by atoms with E-state index in [2.05, 4.69) is 27.0 Å². The van der Waals surface area contributed by atoms with Gasteiger partial charge in [-0.1, -0.05) is 23.9 Å². The van der Waals surface area contributed by atoms with Gasteiger partial charge in [0, 0.05) is 6.20 Å². The Morgan fingerprint density at radius 2 is 2.06 bits per heavy atom. The van der Waals surface area contributed by atoms with E-state index < -0.39 is 0 Å². The molecule has 0 aliphatic heterocycles. The molecule has 0 aliphatic rings. The van der Waals surface area contributed by atoms with Crippen molar-refractivity contribution in [2.75, 3.05) is 7.11 Å². The average molecular weight is 310 g/mol. The first-order valence-corrected chi connectivity index (χ1v) is 6.74. The Morgan fingerprint density at radius 3 is 2.76 bits per heavy atom. The number of methoxy groups -OCH3 is 1. The van der Waals surface area contributed by atoms with Crippen LogP contribution in [-0.2, 0) is 0 Å². The highest BCUT2D eigenvalue weighted by Gasteiger charge is 2.08. The maximum atomic E-state index is 5.32. The van der Waals surface area contributed by atoms with E-state index in [0.29, 0.717) is 0 Å². The molecule has 1 aromatic heterocycles. The Hall–Kier alpha value is -1.00. The summed E-state index contributed by atoms with van der Waals surface area (Å²) in [5.41, 5.74) is 1.14. The van der Waals surface area contributed by atoms with Gasteiger partial charge in [0.25, 0.3) is 0 Å². The summed E-state index contributed by atoms with van der Waals surface area (Å²) in [4.78, 5) is 5.47. The van der Waals surface area contributed by atoms with Gasteiger partial charge in [0.2, 0.25) is 0 Å². The number of hydrogen-bond donors (Lipinski definition) is 0. The van der Waals surface area contributed by atoms with Crippen LogP contribution >= 0.6 is 27.7 Å². The summed E-state index contributed by atoms with van der Waals surface area (Å²) >= 11 is 5.12. The molecule has 4 heteroatoms. The molecule has 0 saturated carbocycles. The SMILES string of the molecule is COc1ccccc1Sc1ncc(C)cc1Br. The molecule has 1 aromatic carbocycles. The van der Waals surface area contributed by atoms with Crippen LogP contribution in [0, 0.1) is 6.92 Å². The topological polar surface area (TPSA) is 22.1 Å². The van der Waals surface area contributed by atoms with Gasteiger partial charge in [-0.2, -0.15) is 0 Å². The third kappa shape index (κ3) is 3.01. The molecule has 2 nitrogen and oxygen atoms in total. The first-order chi connectivity index (χ1) is 8.20. The fraction of sp³-hybridized carbons (Fsp3) is 0.154. The lowest BCUT2D eigenvalue weighted by atomic mass is 10.3. The second kappa shape index (κ2) is 5.56. The Kier molecular flexibility index (Phi) is 4.07. The number of pyridine rings is 1. The summed E-state index contributed by atoms with van der Waals surface area (Å²) in [7, 11) is 1.68. The molecule has 2 rings (SSSR count). The molecule has 0 saturated heterocycles. The lowest BCUT2D eigenvalue weighted by molar-refractivity contribution is 0.405. The van der Waals surface area contributed by atoms with E-state index in [0.717, 1.165) is 25.7 Å². The Bertz CT molecular complexity index is 531. The maximum absolute atomic E-state index is 5.32. The standard InChI is InChI=1S/C13H12BrNOS/c1-9-7-10(14)13(15-8-9)17-12-6-4-3-5-11(12)16-2/h3-8H,1-2H3. The lowest BCUT2D eigenvalue weighted by Crippen LogP contribution is -1.88. The van der Waals surface area contributed by atoms with E-state index in [-0.39, 0.29) is 0 Å². The number of aryl methyl sites for hydroxylation is 1. The van der Waals surface area contributed by atoms with Crippen molar-refractivity contribution in [3.8, 4) is 5.75 Å². The normalized spacial score (nSPS) is 10.3. The molecule has 0 bridgehead atoms. The highest BCUT2D eigenvalue weighted by atomic mass is 79.9. The third-order valence-corrected chi connectivity index (χ3v) is 4.16. The van der Waals surface area contributed by atoms with Crippen LogP contribution in [0.3, 0.4) is 0 Å². The minimum Gasteiger partial charge on any atom is -0.496 e. The third-order valence-electron chi connectivity index (χ3n) is 2.22. The number of halogens is 1. The van der Waals surface area contributed by atoms with Crippen LogP contribution in [-0.4, -0.2) is 12.1 Å². The van der Waals surface area contributed by atoms with Gasteiger partial charge in [0.05, 0.1) is 16.5 Å². The van der Waals surface area contributed by atoms with Crippen molar-refractivity contribution in [1.82, 2.24) is 4.98 Å². The predicted molar refractivity (Wildman–Crippen MR) is 73.8 cm³/mol. The van der Waals surface area contributed by atoms with Crippen molar-refractivity contribution in [2.45, 2.75) is 16.8 Å². The fourth-order valence-corrected chi connectivity index (χ4v) is 2.98. The zero-order chi connectivity index (χ0) is 12.3. The molecule has 0 aliphatic carbocycles. The first kappa shape index (κ1) is 12.5. The fourth-order valence-electron chi connectivity index (χ4n) is 1.40. The number of benzene rings is 1. The number of aromatic nitrogens is 1. The molecule has 1 heterocycles. The molecule has 88 valence electrons. The van der Waals surface area contributed by atoms with E-state index in [1.165, 1.54) is 0 Å².